The summed E-state index contributed by atoms with van der Waals surface area (Å²) in [4.78, 5) is 11.9. The van der Waals surface area contributed by atoms with Crippen LogP contribution in [0.5, 0.6) is 0 Å². The minimum Gasteiger partial charge on any atom is -0.396 e. The maximum atomic E-state index is 11.4. The molecule has 0 aliphatic rings. The molecule has 96 valence electrons. The number of rotatable bonds is 4. The van der Waals surface area contributed by atoms with Gasteiger partial charge in [-0.05, 0) is 5.56 Å². The van der Waals surface area contributed by atoms with Gasteiger partial charge < -0.3 is 11.1 Å². The third kappa shape index (κ3) is 2.75. The molecule has 2 rings (SSSR count). The molecule has 0 fully saturated rings. The summed E-state index contributed by atoms with van der Waals surface area (Å²) in [6, 6.07) is 11.9. The van der Waals surface area contributed by atoms with Crippen molar-refractivity contribution in [1.82, 2.24) is 0 Å². The van der Waals surface area contributed by atoms with Gasteiger partial charge in [-0.25, -0.2) is 0 Å². The van der Waals surface area contributed by atoms with E-state index >= 15 is 0 Å². The standard InChI is InChI=1S/C14H13N3OS/c1-9(18)13-12(16)11(7-15)14(19-13)17-8-10-5-3-2-4-6-10/h2-6,17H,8,16H2,1H3. The average molecular weight is 271 g/mol. The number of nitrogens with two attached hydrogens (primary N) is 1. The van der Waals surface area contributed by atoms with Crippen LogP contribution >= 0.6 is 11.3 Å². The number of nitrogens with one attached hydrogen (secondary N) is 1. The van der Waals surface area contributed by atoms with E-state index in [-0.39, 0.29) is 11.5 Å². The lowest BCUT2D eigenvalue weighted by molar-refractivity contribution is 0.102. The highest BCUT2D eigenvalue weighted by atomic mass is 32.1. The van der Waals surface area contributed by atoms with Crippen molar-refractivity contribution in [3.63, 3.8) is 0 Å². The van der Waals surface area contributed by atoms with Crippen LogP contribution < -0.4 is 11.1 Å². The number of carbonyl (C=O) groups excluding carboxylic acids is 1. The van der Waals surface area contributed by atoms with Crippen LogP contribution in [0.15, 0.2) is 30.3 Å². The zero-order valence-corrected chi connectivity index (χ0v) is 11.3. The Morgan fingerprint density at radius 1 is 1.42 bits per heavy atom. The summed E-state index contributed by atoms with van der Waals surface area (Å²) in [6.45, 7) is 2.04. The number of anilines is 2. The SMILES string of the molecule is CC(=O)c1sc(NCc2ccccc2)c(C#N)c1N. The monoisotopic (exact) mass is 271 g/mol. The number of Topliss-reactive ketones (excluding diaryl/α,β-unsaturated/α-hetero) is 1. The Bertz CT molecular complexity index is 641. The summed E-state index contributed by atoms with van der Waals surface area (Å²) in [5.74, 6) is -0.119. The summed E-state index contributed by atoms with van der Waals surface area (Å²) < 4.78 is 0. The Morgan fingerprint density at radius 3 is 2.68 bits per heavy atom. The van der Waals surface area contributed by atoms with Gasteiger partial charge in [0.2, 0.25) is 0 Å². The van der Waals surface area contributed by atoms with Crippen molar-refractivity contribution in [2.75, 3.05) is 11.1 Å². The van der Waals surface area contributed by atoms with E-state index in [0.29, 0.717) is 22.0 Å². The molecule has 4 nitrogen and oxygen atoms in total. The van der Waals surface area contributed by atoms with Crippen molar-refractivity contribution in [1.29, 1.82) is 5.26 Å². The molecule has 0 amide bonds. The van der Waals surface area contributed by atoms with Crippen molar-refractivity contribution in [3.05, 3.63) is 46.3 Å². The molecule has 0 aliphatic heterocycles. The van der Waals surface area contributed by atoms with E-state index in [1.807, 2.05) is 36.4 Å². The van der Waals surface area contributed by atoms with Crippen LogP contribution in [0.4, 0.5) is 10.7 Å². The molecule has 0 bridgehead atoms. The van der Waals surface area contributed by atoms with Gasteiger partial charge in [0.25, 0.3) is 0 Å². The molecule has 0 spiro atoms. The van der Waals surface area contributed by atoms with Gasteiger partial charge >= 0.3 is 0 Å². The quantitative estimate of drug-likeness (QED) is 0.838. The Kier molecular flexibility index (Phi) is 3.83. The molecule has 2 aromatic rings. The van der Waals surface area contributed by atoms with E-state index < -0.39 is 0 Å². The van der Waals surface area contributed by atoms with E-state index in [1.54, 1.807) is 0 Å². The van der Waals surface area contributed by atoms with E-state index in [9.17, 15) is 4.79 Å². The topological polar surface area (TPSA) is 78.9 Å². The number of hydrogen-bond donors (Lipinski definition) is 2. The van der Waals surface area contributed by atoms with Crippen molar-refractivity contribution >= 4 is 27.8 Å². The molecule has 3 N–H and O–H groups in total. The normalized spacial score (nSPS) is 9.89. The van der Waals surface area contributed by atoms with E-state index in [0.717, 1.165) is 5.56 Å². The predicted octanol–water partition coefficient (Wildman–Crippen LogP) is 3.02. The Morgan fingerprint density at radius 2 is 2.11 bits per heavy atom. The van der Waals surface area contributed by atoms with E-state index in [1.165, 1.54) is 18.3 Å². The number of carbonyl (C=O) groups is 1. The van der Waals surface area contributed by atoms with Gasteiger partial charge in [0, 0.05) is 13.5 Å². The van der Waals surface area contributed by atoms with Crippen LogP contribution in [0.1, 0.15) is 27.7 Å². The molecular formula is C14H13N3OS. The number of nitrogen functional groups attached to an aromatic ring is 1. The second-order valence-corrected chi connectivity index (χ2v) is 5.08. The van der Waals surface area contributed by atoms with Gasteiger partial charge in [-0.1, -0.05) is 30.3 Å². The molecular weight excluding hydrogens is 258 g/mol. The first-order chi connectivity index (χ1) is 9.13. The van der Waals surface area contributed by atoms with E-state index in [4.69, 9.17) is 11.0 Å². The van der Waals surface area contributed by atoms with Gasteiger partial charge in [0.1, 0.15) is 16.6 Å². The van der Waals surface area contributed by atoms with Gasteiger partial charge in [0.15, 0.2) is 5.78 Å². The number of nitriles is 1. The molecule has 0 aliphatic carbocycles. The minimum atomic E-state index is -0.119. The summed E-state index contributed by atoms with van der Waals surface area (Å²) in [5, 5.41) is 12.9. The maximum absolute atomic E-state index is 11.4. The molecule has 0 saturated carbocycles. The van der Waals surface area contributed by atoms with Gasteiger partial charge in [0.05, 0.1) is 10.6 Å². The Balaban J connectivity index is 2.24. The van der Waals surface area contributed by atoms with Crippen LogP contribution in [0, 0.1) is 11.3 Å². The molecule has 0 radical (unpaired) electrons. The summed E-state index contributed by atoms with van der Waals surface area (Å²) in [6.07, 6.45) is 0. The first-order valence-electron chi connectivity index (χ1n) is 5.74. The highest BCUT2D eigenvalue weighted by Gasteiger charge is 2.18. The minimum absolute atomic E-state index is 0.119. The zero-order valence-electron chi connectivity index (χ0n) is 10.4. The maximum Gasteiger partial charge on any atom is 0.171 e. The van der Waals surface area contributed by atoms with Crippen molar-refractivity contribution in [2.45, 2.75) is 13.5 Å². The first-order valence-corrected chi connectivity index (χ1v) is 6.56. The molecule has 1 aromatic carbocycles. The fourth-order valence-corrected chi connectivity index (χ4v) is 2.68. The van der Waals surface area contributed by atoms with Crippen LogP contribution in [0.25, 0.3) is 0 Å². The lowest BCUT2D eigenvalue weighted by atomic mass is 10.2. The van der Waals surface area contributed by atoms with Crippen molar-refractivity contribution in [2.24, 2.45) is 0 Å². The van der Waals surface area contributed by atoms with Gasteiger partial charge in [-0.15, -0.1) is 11.3 Å². The smallest absolute Gasteiger partial charge is 0.171 e. The highest BCUT2D eigenvalue weighted by molar-refractivity contribution is 7.18. The average Bonchev–Trinajstić information content (AvgIpc) is 2.74. The molecule has 1 heterocycles. The van der Waals surface area contributed by atoms with E-state index in [2.05, 4.69) is 5.32 Å². The molecule has 0 saturated heterocycles. The predicted molar refractivity (Wildman–Crippen MR) is 77.2 cm³/mol. The molecule has 1 aromatic heterocycles. The number of hydrogen-bond acceptors (Lipinski definition) is 5. The molecule has 0 atom stereocenters. The lowest BCUT2D eigenvalue weighted by Crippen LogP contribution is -1.99. The molecule has 19 heavy (non-hydrogen) atoms. The largest absolute Gasteiger partial charge is 0.396 e. The van der Waals surface area contributed by atoms with Gasteiger partial charge in [-0.3, -0.25) is 4.79 Å². The molecule has 5 heteroatoms. The van der Waals surface area contributed by atoms with Crippen LogP contribution in [0.3, 0.4) is 0 Å². The van der Waals surface area contributed by atoms with Crippen LogP contribution in [0.2, 0.25) is 0 Å². The van der Waals surface area contributed by atoms with Crippen LogP contribution in [-0.4, -0.2) is 5.78 Å². The Labute approximate surface area is 115 Å². The van der Waals surface area contributed by atoms with Crippen molar-refractivity contribution in [3.8, 4) is 6.07 Å². The van der Waals surface area contributed by atoms with Crippen molar-refractivity contribution < 1.29 is 4.79 Å². The number of ketones is 1. The number of nitrogens with zero attached hydrogens (tertiary/aromatic N) is 1. The highest BCUT2D eigenvalue weighted by Crippen LogP contribution is 2.35. The molecule has 0 unspecified atom stereocenters. The third-order valence-corrected chi connectivity index (χ3v) is 3.94. The zero-order chi connectivity index (χ0) is 13.8. The Hall–Kier alpha value is -2.32. The first kappa shape index (κ1) is 13.1. The summed E-state index contributed by atoms with van der Waals surface area (Å²) in [7, 11) is 0. The lowest BCUT2D eigenvalue weighted by Gasteiger charge is -2.04. The second kappa shape index (κ2) is 5.55. The third-order valence-electron chi connectivity index (χ3n) is 2.67. The fraction of sp³-hybridized carbons (Fsp3) is 0.143. The number of benzene rings is 1. The summed E-state index contributed by atoms with van der Waals surface area (Å²) >= 11 is 1.23. The van der Waals surface area contributed by atoms with Crippen LogP contribution in [-0.2, 0) is 6.54 Å². The summed E-state index contributed by atoms with van der Waals surface area (Å²) in [5.41, 5.74) is 7.54. The van der Waals surface area contributed by atoms with Gasteiger partial charge in [-0.2, -0.15) is 5.26 Å². The number of thiophene rings is 1. The second-order valence-electron chi connectivity index (χ2n) is 4.06. The fourth-order valence-electron chi connectivity index (χ4n) is 1.72.